The van der Waals surface area contributed by atoms with Crippen LogP contribution in [0.15, 0.2) is 0 Å². The average molecular weight is 303 g/mol. The van der Waals surface area contributed by atoms with Gasteiger partial charge in [0.2, 0.25) is 5.91 Å². The van der Waals surface area contributed by atoms with E-state index in [9.17, 15) is 18.0 Å². The maximum atomic E-state index is 13.0. The van der Waals surface area contributed by atoms with E-state index in [1.165, 1.54) is 4.68 Å². The van der Waals surface area contributed by atoms with Crippen LogP contribution in [-0.2, 0) is 30.4 Å². The first-order chi connectivity index (χ1) is 9.93. The van der Waals surface area contributed by atoms with Gasteiger partial charge in [-0.3, -0.25) is 9.48 Å². The number of carbonyl (C=O) groups is 1. The molecule has 0 atom stereocenters. The highest BCUT2D eigenvalue weighted by Gasteiger charge is 2.39. The third kappa shape index (κ3) is 3.77. The molecule has 2 rings (SSSR count). The summed E-state index contributed by atoms with van der Waals surface area (Å²) in [5.41, 5.74) is 0.268. The van der Waals surface area contributed by atoms with Crippen LogP contribution in [0.1, 0.15) is 49.6 Å². The molecular formula is C14H20F3N3O. The lowest BCUT2D eigenvalue weighted by Crippen LogP contribution is -2.27. The molecule has 1 aromatic rings. The molecule has 0 fully saturated rings. The van der Waals surface area contributed by atoms with Crippen molar-refractivity contribution in [1.82, 2.24) is 15.1 Å². The van der Waals surface area contributed by atoms with Crippen LogP contribution >= 0.6 is 0 Å². The normalized spacial score (nSPS) is 14.9. The fourth-order valence-corrected chi connectivity index (χ4v) is 2.70. The Morgan fingerprint density at radius 1 is 1.33 bits per heavy atom. The minimum absolute atomic E-state index is 0.0745. The second kappa shape index (κ2) is 6.49. The number of fused-ring (bicyclic) bond motifs is 1. The molecule has 0 aliphatic heterocycles. The molecule has 21 heavy (non-hydrogen) atoms. The van der Waals surface area contributed by atoms with Gasteiger partial charge in [0, 0.05) is 24.2 Å². The maximum absolute atomic E-state index is 13.0. The Bertz CT molecular complexity index is 508. The van der Waals surface area contributed by atoms with E-state index in [1.54, 1.807) is 0 Å². The molecule has 0 bridgehead atoms. The largest absolute Gasteiger partial charge is 0.435 e. The fraction of sp³-hybridized carbons (Fsp3) is 0.714. The summed E-state index contributed by atoms with van der Waals surface area (Å²) in [6.07, 6.45) is -0.495. The summed E-state index contributed by atoms with van der Waals surface area (Å²) in [7, 11) is 0. The van der Waals surface area contributed by atoms with Crippen molar-refractivity contribution in [3.63, 3.8) is 0 Å². The molecule has 1 N–H and O–H groups in total. The van der Waals surface area contributed by atoms with E-state index in [0.717, 1.165) is 19.3 Å². The number of aromatic nitrogens is 2. The summed E-state index contributed by atoms with van der Waals surface area (Å²) in [6.45, 7) is 2.50. The number of nitrogens with zero attached hydrogens (tertiary/aromatic N) is 2. The molecule has 0 saturated heterocycles. The van der Waals surface area contributed by atoms with E-state index in [4.69, 9.17) is 0 Å². The summed E-state index contributed by atoms with van der Waals surface area (Å²) < 4.78 is 40.4. The highest BCUT2D eigenvalue weighted by Crippen LogP contribution is 2.35. The predicted molar refractivity (Wildman–Crippen MR) is 71.8 cm³/mol. The molecule has 1 amide bonds. The average Bonchev–Trinajstić information content (AvgIpc) is 2.78. The maximum Gasteiger partial charge on any atom is 0.435 e. The molecule has 118 valence electrons. The van der Waals surface area contributed by atoms with Crippen molar-refractivity contribution < 1.29 is 18.0 Å². The van der Waals surface area contributed by atoms with Crippen molar-refractivity contribution in [1.29, 1.82) is 0 Å². The zero-order valence-corrected chi connectivity index (χ0v) is 12.1. The molecule has 1 aliphatic rings. The molecule has 7 heteroatoms. The summed E-state index contributed by atoms with van der Waals surface area (Å²) in [5, 5.41) is 6.45. The molecule has 0 aromatic carbocycles. The Labute approximate surface area is 121 Å². The molecule has 0 unspecified atom stereocenters. The summed E-state index contributed by atoms with van der Waals surface area (Å²) in [4.78, 5) is 11.4. The fourth-order valence-electron chi connectivity index (χ4n) is 2.70. The van der Waals surface area contributed by atoms with Crippen molar-refractivity contribution in [3.8, 4) is 0 Å². The smallest absolute Gasteiger partial charge is 0.354 e. The van der Waals surface area contributed by atoms with Crippen LogP contribution < -0.4 is 5.32 Å². The molecule has 0 saturated carbocycles. The Morgan fingerprint density at radius 2 is 2.05 bits per heavy atom. The molecular weight excluding hydrogens is 283 g/mol. The zero-order chi connectivity index (χ0) is 15.5. The predicted octanol–water partition coefficient (Wildman–Crippen LogP) is 2.70. The van der Waals surface area contributed by atoms with Crippen molar-refractivity contribution >= 4 is 5.91 Å². The molecule has 1 heterocycles. The van der Waals surface area contributed by atoms with E-state index in [0.29, 0.717) is 37.1 Å². The van der Waals surface area contributed by atoms with Gasteiger partial charge in [0.15, 0.2) is 5.69 Å². The van der Waals surface area contributed by atoms with Gasteiger partial charge in [-0.2, -0.15) is 18.3 Å². The van der Waals surface area contributed by atoms with Gasteiger partial charge in [0.05, 0.1) is 6.54 Å². The Hall–Kier alpha value is -1.53. The monoisotopic (exact) mass is 303 g/mol. The Balaban J connectivity index is 2.09. The molecule has 1 aliphatic carbocycles. The van der Waals surface area contributed by atoms with Gasteiger partial charge < -0.3 is 5.32 Å². The van der Waals surface area contributed by atoms with Crippen molar-refractivity contribution in [2.45, 2.75) is 58.2 Å². The molecule has 0 spiro atoms. The lowest BCUT2D eigenvalue weighted by atomic mass is 9.95. The van der Waals surface area contributed by atoms with Crippen LogP contribution in [0.5, 0.6) is 0 Å². The summed E-state index contributed by atoms with van der Waals surface area (Å²) in [6, 6.07) is 0. The first-order valence-electron chi connectivity index (χ1n) is 7.36. The van der Waals surface area contributed by atoms with E-state index >= 15 is 0 Å². The van der Waals surface area contributed by atoms with E-state index in [2.05, 4.69) is 10.4 Å². The van der Waals surface area contributed by atoms with Crippen molar-refractivity contribution in [2.75, 3.05) is 6.54 Å². The van der Waals surface area contributed by atoms with Gasteiger partial charge >= 0.3 is 6.18 Å². The number of hydrogen-bond donors (Lipinski definition) is 1. The third-order valence-electron chi connectivity index (χ3n) is 3.65. The number of hydrogen-bond acceptors (Lipinski definition) is 2. The van der Waals surface area contributed by atoms with Crippen molar-refractivity contribution in [2.24, 2.45) is 0 Å². The highest BCUT2D eigenvalue weighted by atomic mass is 19.4. The van der Waals surface area contributed by atoms with Crippen LogP contribution in [0.4, 0.5) is 13.2 Å². The van der Waals surface area contributed by atoms with Crippen LogP contribution in [0.3, 0.4) is 0 Å². The summed E-state index contributed by atoms with van der Waals surface area (Å²) >= 11 is 0. The molecule has 4 nitrogen and oxygen atoms in total. The minimum atomic E-state index is -4.40. The van der Waals surface area contributed by atoms with Crippen LogP contribution in [0, 0.1) is 0 Å². The lowest BCUT2D eigenvalue weighted by molar-refractivity contribution is -0.142. The second-order valence-electron chi connectivity index (χ2n) is 5.30. The molecule has 1 aromatic heterocycles. The first kappa shape index (κ1) is 15.9. The van der Waals surface area contributed by atoms with Gasteiger partial charge in [-0.15, -0.1) is 0 Å². The standard InChI is InChI=1S/C14H20F3N3O/c1-2-5-12(21)18-8-9-20-11-7-4-3-6-10(11)13(19-20)14(15,16)17/h2-9H2,1H3,(H,18,21). The molecule has 0 radical (unpaired) electrons. The highest BCUT2D eigenvalue weighted by molar-refractivity contribution is 5.75. The Morgan fingerprint density at radius 3 is 2.71 bits per heavy atom. The summed E-state index contributed by atoms with van der Waals surface area (Å²) in [5.74, 6) is -0.0745. The minimum Gasteiger partial charge on any atom is -0.354 e. The number of carbonyl (C=O) groups excluding carboxylic acids is 1. The topological polar surface area (TPSA) is 46.9 Å². The SMILES string of the molecule is CCCC(=O)NCCn1nc(C(F)(F)F)c2c1CCCC2. The van der Waals surface area contributed by atoms with E-state index in [-0.39, 0.29) is 12.5 Å². The lowest BCUT2D eigenvalue weighted by Gasteiger charge is -2.14. The Kier molecular flexibility index (Phi) is 4.90. The van der Waals surface area contributed by atoms with Gasteiger partial charge in [-0.1, -0.05) is 6.92 Å². The van der Waals surface area contributed by atoms with Gasteiger partial charge in [-0.25, -0.2) is 0 Å². The number of amides is 1. The second-order valence-corrected chi connectivity index (χ2v) is 5.30. The van der Waals surface area contributed by atoms with Gasteiger partial charge in [0.25, 0.3) is 0 Å². The quantitative estimate of drug-likeness (QED) is 0.909. The van der Waals surface area contributed by atoms with Gasteiger partial charge in [0.1, 0.15) is 0 Å². The number of halogens is 3. The zero-order valence-electron chi connectivity index (χ0n) is 12.1. The van der Waals surface area contributed by atoms with Crippen LogP contribution in [-0.4, -0.2) is 22.2 Å². The number of alkyl halides is 3. The van der Waals surface area contributed by atoms with Gasteiger partial charge in [-0.05, 0) is 32.1 Å². The van der Waals surface area contributed by atoms with E-state index < -0.39 is 11.9 Å². The number of rotatable bonds is 5. The van der Waals surface area contributed by atoms with Crippen molar-refractivity contribution in [3.05, 3.63) is 17.0 Å². The van der Waals surface area contributed by atoms with Crippen LogP contribution in [0.25, 0.3) is 0 Å². The number of nitrogens with one attached hydrogen (secondary N) is 1. The third-order valence-corrected chi connectivity index (χ3v) is 3.65. The first-order valence-corrected chi connectivity index (χ1v) is 7.36. The van der Waals surface area contributed by atoms with E-state index in [1.807, 2.05) is 6.92 Å². The van der Waals surface area contributed by atoms with Crippen LogP contribution in [0.2, 0.25) is 0 Å².